The minimum absolute atomic E-state index is 0.0258. The van der Waals surface area contributed by atoms with Gasteiger partial charge in [0.15, 0.2) is 5.78 Å². The normalized spacial score (nSPS) is 47.9. The van der Waals surface area contributed by atoms with Crippen molar-refractivity contribution in [1.29, 1.82) is 0 Å². The highest BCUT2D eigenvalue weighted by Gasteiger charge is 2.79. The number of carbonyl (C=O) groups excluding carboxylic acids is 1. The number of aliphatic hydroxyl groups is 1. The fourth-order valence-corrected chi connectivity index (χ4v) is 7.67. The van der Waals surface area contributed by atoms with Crippen LogP contribution in [0.2, 0.25) is 0 Å². The zero-order valence-electron chi connectivity index (χ0n) is 17.1. The van der Waals surface area contributed by atoms with E-state index < -0.39 is 29.5 Å². The van der Waals surface area contributed by atoms with Gasteiger partial charge in [0, 0.05) is 11.8 Å². The second-order valence-corrected chi connectivity index (χ2v) is 10.5. The molecule has 0 heterocycles. The van der Waals surface area contributed by atoms with Crippen LogP contribution in [-0.4, -0.2) is 28.6 Å². The maximum Gasteiger partial charge on any atom is 0.456 e. The maximum absolute atomic E-state index is 14.5. The van der Waals surface area contributed by atoms with E-state index in [1.54, 1.807) is 6.08 Å². The summed E-state index contributed by atoms with van der Waals surface area (Å²) in [6, 6.07) is 0. The Morgan fingerprint density at radius 3 is 2.28 bits per heavy atom. The van der Waals surface area contributed by atoms with Gasteiger partial charge in [-0.15, -0.1) is 0 Å². The maximum atomic E-state index is 14.5. The van der Waals surface area contributed by atoms with Crippen molar-refractivity contribution in [2.75, 3.05) is 0 Å². The molecular formula is C22H29F5O2. The first-order valence-electron chi connectivity index (χ1n) is 10.6. The largest absolute Gasteiger partial charge is 0.456 e. The van der Waals surface area contributed by atoms with Crippen LogP contribution in [0.25, 0.3) is 0 Å². The first kappa shape index (κ1) is 21.3. The standard InChI is InChI=1S/C22H29F5O2/c1-12-10-13-11-14(28)4-7-18(13,2)15-5-8-19(3)16(17(12)15)6-9-20(19,29)21(23,24)22(25,26)27/h11-12,15-17,29H,4-10H2,1-3H3/t12?,15-,16+,17-,18+,19+,20?/m1/s1. The van der Waals surface area contributed by atoms with Gasteiger partial charge in [-0.3, -0.25) is 4.79 Å². The van der Waals surface area contributed by atoms with Gasteiger partial charge in [0.2, 0.25) is 0 Å². The third-order valence-electron chi connectivity index (χ3n) is 9.34. The molecule has 4 aliphatic carbocycles. The summed E-state index contributed by atoms with van der Waals surface area (Å²) in [6.45, 7) is 5.59. The van der Waals surface area contributed by atoms with E-state index in [0.29, 0.717) is 25.7 Å². The first-order valence-corrected chi connectivity index (χ1v) is 10.6. The molecule has 29 heavy (non-hydrogen) atoms. The van der Waals surface area contributed by atoms with E-state index in [1.807, 2.05) is 6.92 Å². The molecule has 7 heteroatoms. The number of alkyl halides is 5. The van der Waals surface area contributed by atoms with Gasteiger partial charge >= 0.3 is 12.1 Å². The predicted molar refractivity (Wildman–Crippen MR) is 97.2 cm³/mol. The van der Waals surface area contributed by atoms with Crippen LogP contribution in [0.1, 0.15) is 65.7 Å². The van der Waals surface area contributed by atoms with Crippen LogP contribution in [0.5, 0.6) is 0 Å². The number of carbonyl (C=O) groups is 1. The van der Waals surface area contributed by atoms with E-state index >= 15 is 0 Å². The Kier molecular flexibility index (Phi) is 4.43. The molecule has 2 unspecified atom stereocenters. The number of allylic oxidation sites excluding steroid dienone is 1. The second kappa shape index (κ2) is 6.04. The Morgan fingerprint density at radius 2 is 1.66 bits per heavy atom. The van der Waals surface area contributed by atoms with Gasteiger partial charge < -0.3 is 5.11 Å². The fourth-order valence-electron chi connectivity index (χ4n) is 7.67. The molecule has 0 amide bonds. The van der Waals surface area contributed by atoms with E-state index in [2.05, 4.69) is 6.92 Å². The number of hydrogen-bond acceptors (Lipinski definition) is 2. The quantitative estimate of drug-likeness (QED) is 0.553. The molecule has 4 aliphatic rings. The van der Waals surface area contributed by atoms with Crippen LogP contribution in [0.4, 0.5) is 22.0 Å². The number of halogens is 5. The molecule has 0 spiro atoms. The fraction of sp³-hybridized carbons (Fsp3) is 0.864. The van der Waals surface area contributed by atoms with Crippen LogP contribution < -0.4 is 0 Å². The van der Waals surface area contributed by atoms with Crippen molar-refractivity contribution in [2.45, 2.75) is 83.4 Å². The first-order chi connectivity index (χ1) is 13.2. The van der Waals surface area contributed by atoms with Gasteiger partial charge in [0.1, 0.15) is 5.60 Å². The summed E-state index contributed by atoms with van der Waals surface area (Å²) in [4.78, 5) is 12.0. The molecule has 0 radical (unpaired) electrons. The van der Waals surface area contributed by atoms with Crippen molar-refractivity contribution in [2.24, 2.45) is 34.5 Å². The monoisotopic (exact) mass is 420 g/mol. The minimum atomic E-state index is -5.78. The van der Waals surface area contributed by atoms with Gasteiger partial charge in [-0.1, -0.05) is 26.3 Å². The SMILES string of the molecule is CC1CC2=CC(=O)CC[C@]2(C)[C@@H]2CC[C@@]3(C)[C@@H](CCC3(O)C(F)(F)C(F)(F)F)[C@H]12. The van der Waals surface area contributed by atoms with Crippen molar-refractivity contribution < 1.29 is 31.9 Å². The topological polar surface area (TPSA) is 37.3 Å². The molecule has 2 nitrogen and oxygen atoms in total. The number of fused-ring (bicyclic) bond motifs is 5. The third kappa shape index (κ3) is 2.51. The van der Waals surface area contributed by atoms with E-state index in [1.165, 1.54) is 6.92 Å². The molecule has 3 fully saturated rings. The molecule has 0 aromatic heterocycles. The summed E-state index contributed by atoms with van der Waals surface area (Å²) in [5.74, 6) is -5.21. The lowest BCUT2D eigenvalue weighted by atomic mass is 9.44. The second-order valence-electron chi connectivity index (χ2n) is 10.5. The average molecular weight is 420 g/mol. The molecule has 0 aromatic rings. The van der Waals surface area contributed by atoms with Crippen molar-refractivity contribution in [3.8, 4) is 0 Å². The van der Waals surface area contributed by atoms with E-state index in [4.69, 9.17) is 0 Å². The van der Waals surface area contributed by atoms with Crippen molar-refractivity contribution >= 4 is 5.78 Å². The van der Waals surface area contributed by atoms with E-state index in [-0.39, 0.29) is 47.7 Å². The highest BCUT2D eigenvalue weighted by Crippen LogP contribution is 2.71. The smallest absolute Gasteiger partial charge is 0.383 e. The predicted octanol–water partition coefficient (Wildman–Crippen LogP) is 5.69. The zero-order valence-corrected chi connectivity index (χ0v) is 17.1. The highest BCUT2D eigenvalue weighted by molar-refractivity contribution is 5.91. The van der Waals surface area contributed by atoms with Gasteiger partial charge in [0.05, 0.1) is 0 Å². The average Bonchev–Trinajstić information content (AvgIpc) is 2.88. The highest BCUT2D eigenvalue weighted by atomic mass is 19.4. The molecule has 3 saturated carbocycles. The van der Waals surface area contributed by atoms with Crippen LogP contribution in [-0.2, 0) is 4.79 Å². The number of hydrogen-bond donors (Lipinski definition) is 1. The van der Waals surface area contributed by atoms with E-state index in [0.717, 1.165) is 5.57 Å². The van der Waals surface area contributed by atoms with E-state index in [9.17, 15) is 31.9 Å². The molecular weight excluding hydrogens is 391 g/mol. The van der Waals surface area contributed by atoms with Crippen LogP contribution in [0.15, 0.2) is 11.6 Å². The van der Waals surface area contributed by atoms with Crippen LogP contribution >= 0.6 is 0 Å². The summed E-state index contributed by atoms with van der Waals surface area (Å²) in [6.07, 6.45) is -1.91. The van der Waals surface area contributed by atoms with Crippen LogP contribution in [0.3, 0.4) is 0 Å². The third-order valence-corrected chi connectivity index (χ3v) is 9.34. The van der Waals surface area contributed by atoms with Gasteiger partial charge in [0.25, 0.3) is 0 Å². The Bertz CT molecular complexity index is 759. The van der Waals surface area contributed by atoms with Gasteiger partial charge in [-0.2, -0.15) is 22.0 Å². The van der Waals surface area contributed by atoms with Crippen molar-refractivity contribution in [3.05, 3.63) is 11.6 Å². The summed E-state index contributed by atoms with van der Waals surface area (Å²) < 4.78 is 68.8. The summed E-state index contributed by atoms with van der Waals surface area (Å²) in [5, 5.41) is 10.9. The van der Waals surface area contributed by atoms with Crippen molar-refractivity contribution in [3.63, 3.8) is 0 Å². The summed E-state index contributed by atoms with van der Waals surface area (Å²) >= 11 is 0. The summed E-state index contributed by atoms with van der Waals surface area (Å²) in [5.41, 5.74) is -3.66. The lowest BCUT2D eigenvalue weighted by Crippen LogP contribution is -2.66. The number of rotatable bonds is 1. The van der Waals surface area contributed by atoms with Crippen molar-refractivity contribution in [1.82, 2.24) is 0 Å². The Morgan fingerprint density at radius 1 is 1.03 bits per heavy atom. The van der Waals surface area contributed by atoms with Crippen LogP contribution in [0, 0.1) is 34.5 Å². The van der Waals surface area contributed by atoms with Gasteiger partial charge in [-0.05, 0) is 73.7 Å². The minimum Gasteiger partial charge on any atom is -0.383 e. The molecule has 1 N–H and O–H groups in total. The Labute approximate surface area is 167 Å². The molecule has 7 atom stereocenters. The molecule has 164 valence electrons. The molecule has 0 saturated heterocycles. The number of ketones is 1. The Balaban J connectivity index is 1.74. The lowest BCUT2D eigenvalue weighted by molar-refractivity contribution is -0.364. The molecule has 0 aliphatic heterocycles. The van der Waals surface area contributed by atoms with Gasteiger partial charge in [-0.25, -0.2) is 0 Å². The molecule has 0 aromatic carbocycles. The molecule has 0 bridgehead atoms. The lowest BCUT2D eigenvalue weighted by Gasteiger charge is -2.61. The zero-order chi connectivity index (χ0) is 21.6. The molecule has 4 rings (SSSR count). The summed E-state index contributed by atoms with van der Waals surface area (Å²) in [7, 11) is 0. The Hall–Kier alpha value is -0.980.